The van der Waals surface area contributed by atoms with Gasteiger partial charge in [-0.15, -0.1) is 0 Å². The molecular weight excluding hydrogens is 337 g/mol. The summed E-state index contributed by atoms with van der Waals surface area (Å²) in [5.74, 6) is -1.05. The predicted molar refractivity (Wildman–Crippen MR) is 97.6 cm³/mol. The first-order chi connectivity index (χ1) is 12.6. The average molecular weight is 359 g/mol. The maximum atomic E-state index is 13.5. The predicted octanol–water partition coefficient (Wildman–Crippen LogP) is 2.31. The van der Waals surface area contributed by atoms with E-state index in [-0.39, 0.29) is 24.0 Å². The lowest BCUT2D eigenvalue weighted by Crippen LogP contribution is -2.26. The summed E-state index contributed by atoms with van der Waals surface area (Å²) in [7, 11) is 0. The molecule has 0 unspecified atom stereocenters. The van der Waals surface area contributed by atoms with Crippen molar-refractivity contribution in [2.75, 3.05) is 25.0 Å². The Morgan fingerprint density at radius 3 is 2.54 bits per heavy atom. The third-order valence-corrected chi connectivity index (χ3v) is 3.55. The summed E-state index contributed by atoms with van der Waals surface area (Å²) < 4.78 is 19.0. The maximum absolute atomic E-state index is 13.5. The number of nitrogens with two attached hydrogens (primary N) is 1. The Hall–Kier alpha value is -2.93. The van der Waals surface area contributed by atoms with Crippen LogP contribution in [0.25, 0.3) is 0 Å². The van der Waals surface area contributed by atoms with E-state index in [0.717, 1.165) is 12.8 Å². The van der Waals surface area contributed by atoms with Crippen LogP contribution in [0.5, 0.6) is 5.75 Å². The Morgan fingerprint density at radius 1 is 1.04 bits per heavy atom. The molecule has 26 heavy (non-hydrogen) atoms. The highest BCUT2D eigenvalue weighted by molar-refractivity contribution is 5.97. The van der Waals surface area contributed by atoms with Crippen LogP contribution in [-0.4, -0.2) is 31.5 Å². The third-order valence-electron chi connectivity index (χ3n) is 3.55. The lowest BCUT2D eigenvalue weighted by Gasteiger charge is -2.12. The van der Waals surface area contributed by atoms with E-state index in [2.05, 4.69) is 10.6 Å². The molecule has 6 nitrogen and oxygen atoms in total. The maximum Gasteiger partial charge on any atom is 0.262 e. The molecule has 0 heterocycles. The molecular formula is C19H22FN3O3. The minimum Gasteiger partial charge on any atom is -0.483 e. The number of benzene rings is 2. The van der Waals surface area contributed by atoms with Gasteiger partial charge in [0.05, 0.1) is 11.3 Å². The van der Waals surface area contributed by atoms with E-state index < -0.39 is 11.7 Å². The molecule has 138 valence electrons. The summed E-state index contributed by atoms with van der Waals surface area (Å²) in [6.45, 7) is 0.747. The number of nitrogens with one attached hydrogen (secondary N) is 2. The zero-order valence-corrected chi connectivity index (χ0v) is 14.3. The number of carbonyl (C=O) groups excluding carboxylic acids is 2. The molecule has 0 saturated carbocycles. The second kappa shape index (κ2) is 10.1. The molecule has 4 N–H and O–H groups in total. The van der Waals surface area contributed by atoms with Crippen molar-refractivity contribution in [2.45, 2.75) is 12.8 Å². The van der Waals surface area contributed by atoms with Crippen molar-refractivity contribution in [1.29, 1.82) is 0 Å². The van der Waals surface area contributed by atoms with Crippen molar-refractivity contribution >= 4 is 17.5 Å². The van der Waals surface area contributed by atoms with E-state index in [9.17, 15) is 14.0 Å². The van der Waals surface area contributed by atoms with E-state index in [1.807, 2.05) is 0 Å². The van der Waals surface area contributed by atoms with Crippen molar-refractivity contribution in [1.82, 2.24) is 5.32 Å². The van der Waals surface area contributed by atoms with Gasteiger partial charge >= 0.3 is 0 Å². The molecule has 2 amide bonds. The molecule has 7 heteroatoms. The number of para-hydroxylation sites is 2. The molecule has 0 aromatic heterocycles. The number of hydrogen-bond donors (Lipinski definition) is 3. The molecule has 0 spiro atoms. The van der Waals surface area contributed by atoms with Crippen molar-refractivity contribution < 1.29 is 18.7 Å². The fourth-order valence-corrected chi connectivity index (χ4v) is 2.24. The molecule has 0 aliphatic carbocycles. The van der Waals surface area contributed by atoms with Crippen molar-refractivity contribution in [3.05, 3.63) is 59.9 Å². The van der Waals surface area contributed by atoms with Crippen molar-refractivity contribution in [2.24, 2.45) is 5.73 Å². The number of rotatable bonds is 9. The second-order valence-electron chi connectivity index (χ2n) is 5.56. The SMILES string of the molecule is NCCCCNC(=O)c1ccccc1OCC(=O)Nc1ccccc1F. The van der Waals surface area contributed by atoms with Crippen LogP contribution in [0.3, 0.4) is 0 Å². The Balaban J connectivity index is 1.92. The highest BCUT2D eigenvalue weighted by atomic mass is 19.1. The number of amides is 2. The monoisotopic (exact) mass is 359 g/mol. The van der Waals surface area contributed by atoms with Gasteiger partial charge in [-0.2, -0.15) is 0 Å². The van der Waals surface area contributed by atoms with Gasteiger partial charge in [-0.3, -0.25) is 9.59 Å². The number of anilines is 1. The van der Waals surface area contributed by atoms with Gasteiger partial charge in [0.1, 0.15) is 11.6 Å². The molecule has 0 aliphatic heterocycles. The summed E-state index contributed by atoms with van der Waals surface area (Å²) in [5, 5.41) is 5.21. The Labute approximate surface area is 151 Å². The zero-order valence-electron chi connectivity index (χ0n) is 14.3. The average Bonchev–Trinajstić information content (AvgIpc) is 2.65. The molecule has 0 fully saturated rings. The minimum absolute atomic E-state index is 0.0760. The zero-order chi connectivity index (χ0) is 18.8. The summed E-state index contributed by atoms with van der Waals surface area (Å²) in [5.41, 5.74) is 5.83. The quantitative estimate of drug-likeness (QED) is 0.599. The molecule has 0 aliphatic rings. The fraction of sp³-hybridized carbons (Fsp3) is 0.263. The van der Waals surface area contributed by atoms with E-state index in [0.29, 0.717) is 18.7 Å². The van der Waals surface area contributed by atoms with E-state index in [4.69, 9.17) is 10.5 Å². The molecule has 2 aromatic carbocycles. The first-order valence-electron chi connectivity index (χ1n) is 8.36. The Kier molecular flexibility index (Phi) is 7.57. The standard InChI is InChI=1S/C19H22FN3O3/c20-15-8-2-3-9-16(15)23-18(24)13-26-17-10-4-1-7-14(17)19(25)22-12-6-5-11-21/h1-4,7-10H,5-6,11-13,21H2,(H,22,25)(H,23,24). The van der Waals surface area contributed by atoms with Gasteiger partial charge in [0, 0.05) is 6.54 Å². The van der Waals surface area contributed by atoms with Crippen LogP contribution in [0.1, 0.15) is 23.2 Å². The third kappa shape index (κ3) is 5.86. The van der Waals surface area contributed by atoms with Crippen LogP contribution < -0.4 is 21.1 Å². The summed E-state index contributed by atoms with van der Waals surface area (Å²) in [6, 6.07) is 12.5. The van der Waals surface area contributed by atoms with E-state index in [1.165, 1.54) is 18.2 Å². The summed E-state index contributed by atoms with van der Waals surface area (Å²) in [4.78, 5) is 24.2. The number of unbranched alkanes of at least 4 members (excludes halogenated alkanes) is 1. The van der Waals surface area contributed by atoms with Gasteiger partial charge in [-0.05, 0) is 43.7 Å². The molecule has 0 saturated heterocycles. The number of carbonyl (C=O) groups is 2. The number of hydrogen-bond acceptors (Lipinski definition) is 4. The number of halogens is 1. The van der Waals surface area contributed by atoms with Gasteiger partial charge < -0.3 is 21.1 Å². The van der Waals surface area contributed by atoms with Crippen LogP contribution in [0.4, 0.5) is 10.1 Å². The van der Waals surface area contributed by atoms with Crippen LogP contribution in [-0.2, 0) is 4.79 Å². The van der Waals surface area contributed by atoms with E-state index in [1.54, 1.807) is 30.3 Å². The molecule has 2 rings (SSSR count). The normalized spacial score (nSPS) is 10.2. The van der Waals surface area contributed by atoms with Crippen LogP contribution in [0.2, 0.25) is 0 Å². The topological polar surface area (TPSA) is 93.4 Å². The Bertz CT molecular complexity index is 752. The Morgan fingerprint density at radius 2 is 1.77 bits per heavy atom. The van der Waals surface area contributed by atoms with Crippen LogP contribution in [0, 0.1) is 5.82 Å². The summed E-state index contributed by atoms with van der Waals surface area (Å²) in [6.07, 6.45) is 1.62. The first kappa shape index (κ1) is 19.4. The first-order valence-corrected chi connectivity index (χ1v) is 8.36. The van der Waals surface area contributed by atoms with Gasteiger partial charge in [-0.25, -0.2) is 4.39 Å². The smallest absolute Gasteiger partial charge is 0.262 e. The largest absolute Gasteiger partial charge is 0.483 e. The van der Waals surface area contributed by atoms with Gasteiger partial charge in [-0.1, -0.05) is 24.3 Å². The second-order valence-corrected chi connectivity index (χ2v) is 5.56. The highest BCUT2D eigenvalue weighted by Gasteiger charge is 2.13. The molecule has 0 radical (unpaired) electrons. The number of ether oxygens (including phenoxy) is 1. The van der Waals surface area contributed by atoms with Crippen molar-refractivity contribution in [3.8, 4) is 5.75 Å². The van der Waals surface area contributed by atoms with Crippen molar-refractivity contribution in [3.63, 3.8) is 0 Å². The lowest BCUT2D eigenvalue weighted by atomic mass is 10.2. The van der Waals surface area contributed by atoms with Gasteiger partial charge in [0.15, 0.2) is 6.61 Å². The minimum atomic E-state index is -0.530. The highest BCUT2D eigenvalue weighted by Crippen LogP contribution is 2.18. The molecule has 0 atom stereocenters. The molecule has 0 bridgehead atoms. The van der Waals surface area contributed by atoms with Gasteiger partial charge in [0.2, 0.25) is 0 Å². The van der Waals surface area contributed by atoms with Gasteiger partial charge in [0.25, 0.3) is 11.8 Å². The summed E-state index contributed by atoms with van der Waals surface area (Å²) >= 11 is 0. The molecule has 2 aromatic rings. The lowest BCUT2D eigenvalue weighted by molar-refractivity contribution is -0.118. The van der Waals surface area contributed by atoms with E-state index >= 15 is 0 Å². The van der Waals surface area contributed by atoms with Crippen LogP contribution in [0.15, 0.2) is 48.5 Å². The fourth-order valence-electron chi connectivity index (χ4n) is 2.24. The van der Waals surface area contributed by atoms with Crippen LogP contribution >= 0.6 is 0 Å².